The standard InChI is InChI=1S/C14H20N2O6S/c1-9(14(18)19)7-16(11-4-5-11)13(17)10-6-12(22-8-10)23(20,21)15(2)3/h6,8-9,11H,4-5,7H2,1-3H3,(H,18,19). The molecule has 1 fully saturated rings. The average Bonchev–Trinajstić information content (AvgIpc) is 3.18. The molecule has 1 heterocycles. The maximum atomic E-state index is 12.6. The maximum absolute atomic E-state index is 12.6. The van der Waals surface area contributed by atoms with E-state index >= 15 is 0 Å². The van der Waals surface area contributed by atoms with Crippen LogP contribution in [0.25, 0.3) is 0 Å². The summed E-state index contributed by atoms with van der Waals surface area (Å²) in [7, 11) is -1.02. The first-order valence-electron chi connectivity index (χ1n) is 7.19. The van der Waals surface area contributed by atoms with E-state index in [4.69, 9.17) is 9.52 Å². The third-order valence-corrected chi connectivity index (χ3v) is 5.38. The van der Waals surface area contributed by atoms with Crippen LogP contribution < -0.4 is 0 Å². The number of carbonyl (C=O) groups excluding carboxylic acids is 1. The number of carboxylic acid groups (broad SMARTS) is 1. The zero-order chi connectivity index (χ0) is 17.4. The minimum Gasteiger partial charge on any atom is -0.481 e. The SMILES string of the molecule is CC(CN(C(=O)c1coc(S(=O)(=O)N(C)C)c1)C1CC1)C(=O)O. The van der Waals surface area contributed by atoms with Crippen LogP contribution in [0.3, 0.4) is 0 Å². The number of hydrogen-bond acceptors (Lipinski definition) is 5. The Hall–Kier alpha value is -1.87. The minimum atomic E-state index is -3.75. The first kappa shape index (κ1) is 17.5. The molecular weight excluding hydrogens is 324 g/mol. The number of nitrogens with zero attached hydrogens (tertiary/aromatic N) is 2. The van der Waals surface area contributed by atoms with Gasteiger partial charge in [0.25, 0.3) is 15.9 Å². The van der Waals surface area contributed by atoms with E-state index in [9.17, 15) is 18.0 Å². The normalized spacial score (nSPS) is 16.3. The number of rotatable bonds is 7. The van der Waals surface area contributed by atoms with Crippen molar-refractivity contribution in [2.45, 2.75) is 30.9 Å². The highest BCUT2D eigenvalue weighted by Gasteiger charge is 2.36. The van der Waals surface area contributed by atoms with E-state index in [1.54, 1.807) is 0 Å². The lowest BCUT2D eigenvalue weighted by Crippen LogP contribution is -2.38. The zero-order valence-electron chi connectivity index (χ0n) is 13.2. The Morgan fingerprint density at radius 3 is 2.48 bits per heavy atom. The number of carboxylic acids is 1. The van der Waals surface area contributed by atoms with Crippen LogP contribution in [0.15, 0.2) is 21.8 Å². The van der Waals surface area contributed by atoms with Crippen molar-refractivity contribution in [2.24, 2.45) is 5.92 Å². The lowest BCUT2D eigenvalue weighted by atomic mass is 10.1. The first-order chi connectivity index (χ1) is 10.6. The molecule has 1 saturated carbocycles. The Bertz CT molecular complexity index is 705. The van der Waals surface area contributed by atoms with Crippen LogP contribution in [0.4, 0.5) is 0 Å². The molecule has 1 aliphatic carbocycles. The molecule has 0 spiro atoms. The minimum absolute atomic E-state index is 0.00751. The molecule has 1 atom stereocenters. The van der Waals surface area contributed by atoms with Gasteiger partial charge in [0.15, 0.2) is 0 Å². The van der Waals surface area contributed by atoms with Crippen molar-refractivity contribution >= 4 is 21.9 Å². The molecule has 0 saturated heterocycles. The van der Waals surface area contributed by atoms with Crippen LogP contribution >= 0.6 is 0 Å². The third kappa shape index (κ3) is 3.73. The van der Waals surface area contributed by atoms with Crippen LogP contribution in [0.1, 0.15) is 30.1 Å². The van der Waals surface area contributed by atoms with Crippen LogP contribution in [-0.4, -0.2) is 61.3 Å². The Labute approximate surface area is 134 Å². The molecule has 9 heteroatoms. The highest BCUT2D eigenvalue weighted by molar-refractivity contribution is 7.88. The molecular formula is C14H20N2O6S. The smallest absolute Gasteiger partial charge is 0.308 e. The van der Waals surface area contributed by atoms with Gasteiger partial charge in [-0.3, -0.25) is 9.59 Å². The van der Waals surface area contributed by atoms with Gasteiger partial charge in [-0.1, -0.05) is 6.92 Å². The van der Waals surface area contributed by atoms with Crippen LogP contribution in [0, 0.1) is 5.92 Å². The van der Waals surface area contributed by atoms with Crippen molar-refractivity contribution in [1.82, 2.24) is 9.21 Å². The average molecular weight is 344 g/mol. The largest absolute Gasteiger partial charge is 0.481 e. The molecule has 0 aromatic carbocycles. The lowest BCUT2D eigenvalue weighted by Gasteiger charge is -2.23. The Morgan fingerprint density at radius 2 is 2.00 bits per heavy atom. The summed E-state index contributed by atoms with van der Waals surface area (Å²) in [6, 6.07) is 1.19. The van der Waals surface area contributed by atoms with E-state index in [0.29, 0.717) is 0 Å². The summed E-state index contributed by atoms with van der Waals surface area (Å²) in [6.07, 6.45) is 2.73. The molecule has 1 aliphatic rings. The Balaban J connectivity index is 2.21. The third-order valence-electron chi connectivity index (χ3n) is 3.70. The van der Waals surface area contributed by atoms with E-state index in [-0.39, 0.29) is 23.2 Å². The second-order valence-corrected chi connectivity index (χ2v) is 7.95. The predicted octanol–water partition coefficient (Wildman–Crippen LogP) is 0.855. The molecule has 0 aliphatic heterocycles. The number of furan rings is 1. The number of amides is 1. The van der Waals surface area contributed by atoms with E-state index in [0.717, 1.165) is 23.4 Å². The number of aliphatic carboxylic acids is 1. The molecule has 128 valence electrons. The summed E-state index contributed by atoms with van der Waals surface area (Å²) in [5, 5.41) is 8.70. The second kappa shape index (κ2) is 6.32. The van der Waals surface area contributed by atoms with Gasteiger partial charge in [0, 0.05) is 32.7 Å². The molecule has 1 N–H and O–H groups in total. The molecule has 8 nitrogen and oxygen atoms in total. The van der Waals surface area contributed by atoms with Gasteiger partial charge < -0.3 is 14.4 Å². The summed E-state index contributed by atoms with van der Waals surface area (Å²) < 4.78 is 30.0. The van der Waals surface area contributed by atoms with Crippen molar-refractivity contribution in [2.75, 3.05) is 20.6 Å². The monoisotopic (exact) mass is 344 g/mol. The predicted molar refractivity (Wildman–Crippen MR) is 80.4 cm³/mol. The number of carbonyl (C=O) groups is 2. The van der Waals surface area contributed by atoms with Gasteiger partial charge in [0.2, 0.25) is 5.09 Å². The van der Waals surface area contributed by atoms with E-state index in [2.05, 4.69) is 0 Å². The van der Waals surface area contributed by atoms with Crippen LogP contribution in [0.5, 0.6) is 0 Å². The van der Waals surface area contributed by atoms with E-state index in [1.165, 1.54) is 32.0 Å². The number of sulfonamides is 1. The van der Waals surface area contributed by atoms with Crippen LogP contribution in [-0.2, 0) is 14.8 Å². The van der Waals surface area contributed by atoms with Crippen LogP contribution in [0.2, 0.25) is 0 Å². The number of hydrogen-bond donors (Lipinski definition) is 1. The topological polar surface area (TPSA) is 108 Å². The van der Waals surface area contributed by atoms with E-state index < -0.39 is 27.8 Å². The van der Waals surface area contributed by atoms with Crippen molar-refractivity contribution in [3.63, 3.8) is 0 Å². The molecule has 1 aromatic rings. The van der Waals surface area contributed by atoms with Crippen molar-refractivity contribution in [3.8, 4) is 0 Å². The summed E-state index contributed by atoms with van der Waals surface area (Å²) in [5.74, 6) is -2.09. The molecule has 23 heavy (non-hydrogen) atoms. The highest BCUT2D eigenvalue weighted by atomic mass is 32.2. The van der Waals surface area contributed by atoms with Crippen molar-refractivity contribution in [3.05, 3.63) is 17.9 Å². The van der Waals surface area contributed by atoms with Gasteiger partial charge in [-0.2, -0.15) is 0 Å². The van der Waals surface area contributed by atoms with Crippen molar-refractivity contribution in [1.29, 1.82) is 0 Å². The lowest BCUT2D eigenvalue weighted by molar-refractivity contribution is -0.141. The Kier molecular flexibility index (Phi) is 4.81. The molecule has 1 unspecified atom stereocenters. The highest BCUT2D eigenvalue weighted by Crippen LogP contribution is 2.30. The fraction of sp³-hybridized carbons (Fsp3) is 0.571. The van der Waals surface area contributed by atoms with Gasteiger partial charge in [-0.05, 0) is 12.8 Å². The summed E-state index contributed by atoms with van der Waals surface area (Å²) in [5.41, 5.74) is 0.106. The quantitative estimate of drug-likeness (QED) is 0.786. The zero-order valence-corrected chi connectivity index (χ0v) is 14.0. The van der Waals surface area contributed by atoms with Gasteiger partial charge >= 0.3 is 5.97 Å². The summed E-state index contributed by atoms with van der Waals surface area (Å²) in [4.78, 5) is 25.0. The van der Waals surface area contributed by atoms with Gasteiger partial charge in [0.05, 0.1) is 11.5 Å². The molecule has 1 amide bonds. The molecule has 2 rings (SSSR count). The fourth-order valence-corrected chi connectivity index (χ4v) is 2.87. The second-order valence-electron chi connectivity index (χ2n) is 5.87. The summed E-state index contributed by atoms with van der Waals surface area (Å²) >= 11 is 0. The van der Waals surface area contributed by atoms with Crippen molar-refractivity contribution < 1.29 is 27.5 Å². The van der Waals surface area contributed by atoms with Gasteiger partial charge in [-0.15, -0.1) is 0 Å². The molecule has 0 bridgehead atoms. The fourth-order valence-electron chi connectivity index (χ4n) is 2.07. The molecule has 0 radical (unpaired) electrons. The van der Waals surface area contributed by atoms with Gasteiger partial charge in [0.1, 0.15) is 6.26 Å². The summed E-state index contributed by atoms with van der Waals surface area (Å²) in [6.45, 7) is 1.61. The van der Waals surface area contributed by atoms with Gasteiger partial charge in [-0.25, -0.2) is 12.7 Å². The Morgan fingerprint density at radius 1 is 1.39 bits per heavy atom. The molecule has 1 aromatic heterocycles. The first-order valence-corrected chi connectivity index (χ1v) is 8.63. The van der Waals surface area contributed by atoms with E-state index in [1.807, 2.05) is 0 Å². The maximum Gasteiger partial charge on any atom is 0.308 e.